The fraction of sp³-hybridized carbons (Fsp3) is 0.538. The molecule has 3 heteroatoms. The van der Waals surface area contributed by atoms with Crippen molar-refractivity contribution >= 4 is 17.4 Å². The zero-order chi connectivity index (χ0) is 11.4. The monoisotopic (exact) mass is 236 g/mol. The summed E-state index contributed by atoms with van der Waals surface area (Å²) in [6.45, 7) is 5.23. The molecular weight excluding hydrogens is 216 g/mol. The molecule has 0 bridgehead atoms. The molecule has 1 unspecified atom stereocenters. The molecular formula is C13H20N2S. The Morgan fingerprint density at radius 1 is 1.44 bits per heavy atom. The molecule has 1 heterocycles. The van der Waals surface area contributed by atoms with Crippen molar-refractivity contribution < 1.29 is 0 Å². The first-order valence-electron chi connectivity index (χ1n) is 5.99. The number of nitrogens with zero attached hydrogens (tertiary/aromatic N) is 1. The Bertz CT molecular complexity index is 340. The molecule has 0 saturated carbocycles. The van der Waals surface area contributed by atoms with Gasteiger partial charge < -0.3 is 10.6 Å². The Morgan fingerprint density at radius 3 is 3.00 bits per heavy atom. The number of para-hydroxylation sites is 1. The van der Waals surface area contributed by atoms with Crippen LogP contribution in [-0.2, 0) is 6.54 Å². The molecule has 1 fully saturated rings. The lowest BCUT2D eigenvalue weighted by atomic mass is 10.1. The van der Waals surface area contributed by atoms with Crippen molar-refractivity contribution in [3.8, 4) is 0 Å². The number of benzene rings is 1. The molecule has 2 rings (SSSR count). The van der Waals surface area contributed by atoms with Crippen LogP contribution in [0.2, 0.25) is 0 Å². The molecule has 1 aliphatic rings. The van der Waals surface area contributed by atoms with Gasteiger partial charge in [-0.15, -0.1) is 0 Å². The molecule has 88 valence electrons. The second kappa shape index (κ2) is 5.60. The van der Waals surface area contributed by atoms with E-state index in [1.165, 1.54) is 23.4 Å². The Kier molecular flexibility index (Phi) is 4.13. The van der Waals surface area contributed by atoms with Crippen molar-refractivity contribution in [2.45, 2.75) is 25.1 Å². The number of hydrogen-bond donors (Lipinski definition) is 1. The first kappa shape index (κ1) is 11.8. The third kappa shape index (κ3) is 2.53. The average Bonchev–Trinajstić information content (AvgIpc) is 2.38. The largest absolute Gasteiger partial charge is 0.369 e. The maximum Gasteiger partial charge on any atom is 0.0412 e. The third-order valence-electron chi connectivity index (χ3n) is 3.15. The highest BCUT2D eigenvalue weighted by molar-refractivity contribution is 8.00. The summed E-state index contributed by atoms with van der Waals surface area (Å²) < 4.78 is 0. The maximum absolute atomic E-state index is 5.79. The van der Waals surface area contributed by atoms with E-state index in [4.69, 9.17) is 5.73 Å². The van der Waals surface area contributed by atoms with Gasteiger partial charge in [0.05, 0.1) is 0 Å². The molecule has 1 aromatic carbocycles. The molecule has 0 amide bonds. The second-order valence-corrected chi connectivity index (χ2v) is 5.59. The van der Waals surface area contributed by atoms with E-state index in [1.807, 2.05) is 0 Å². The summed E-state index contributed by atoms with van der Waals surface area (Å²) in [5.41, 5.74) is 8.40. The van der Waals surface area contributed by atoms with Crippen molar-refractivity contribution in [2.75, 3.05) is 23.7 Å². The minimum atomic E-state index is 0.636. The summed E-state index contributed by atoms with van der Waals surface area (Å²) in [5.74, 6) is 1.23. The normalized spacial score (nSPS) is 21.1. The highest BCUT2D eigenvalue weighted by atomic mass is 32.2. The first-order valence-corrected chi connectivity index (χ1v) is 7.04. The molecule has 0 radical (unpaired) electrons. The molecule has 1 atom stereocenters. The summed E-state index contributed by atoms with van der Waals surface area (Å²) >= 11 is 2.10. The van der Waals surface area contributed by atoms with E-state index >= 15 is 0 Å². The van der Waals surface area contributed by atoms with Gasteiger partial charge in [0.15, 0.2) is 0 Å². The summed E-state index contributed by atoms with van der Waals surface area (Å²) in [6, 6.07) is 8.52. The number of anilines is 1. The number of thioether (sulfide) groups is 1. The number of hydrogen-bond acceptors (Lipinski definition) is 3. The second-order valence-electron chi connectivity index (χ2n) is 4.18. The molecule has 1 saturated heterocycles. The van der Waals surface area contributed by atoms with Crippen molar-refractivity contribution in [3.05, 3.63) is 29.8 Å². The standard InChI is InChI=1S/C13H20N2S/c1-2-12-10-15(7-8-16-12)13-6-4-3-5-11(13)9-14/h3-6,12H,2,7-10,14H2,1H3. The minimum absolute atomic E-state index is 0.636. The van der Waals surface area contributed by atoms with Gasteiger partial charge in [-0.2, -0.15) is 11.8 Å². The Morgan fingerprint density at radius 2 is 2.25 bits per heavy atom. The van der Waals surface area contributed by atoms with Gasteiger partial charge in [-0.3, -0.25) is 0 Å². The highest BCUT2D eigenvalue weighted by Crippen LogP contribution is 2.27. The summed E-state index contributed by atoms with van der Waals surface area (Å²) in [6.07, 6.45) is 1.26. The Balaban J connectivity index is 2.16. The molecule has 2 N–H and O–H groups in total. The lowest BCUT2D eigenvalue weighted by Gasteiger charge is -2.34. The maximum atomic E-state index is 5.79. The van der Waals surface area contributed by atoms with Crippen LogP contribution in [0.5, 0.6) is 0 Å². The zero-order valence-electron chi connectivity index (χ0n) is 9.86. The topological polar surface area (TPSA) is 29.3 Å². The summed E-state index contributed by atoms with van der Waals surface area (Å²) in [5, 5.41) is 0.777. The van der Waals surface area contributed by atoms with E-state index in [9.17, 15) is 0 Å². The quantitative estimate of drug-likeness (QED) is 0.874. The molecule has 1 aliphatic heterocycles. The predicted molar refractivity (Wildman–Crippen MR) is 73.1 cm³/mol. The summed E-state index contributed by atoms with van der Waals surface area (Å²) in [7, 11) is 0. The van der Waals surface area contributed by atoms with E-state index < -0.39 is 0 Å². The minimum Gasteiger partial charge on any atom is -0.369 e. The lowest BCUT2D eigenvalue weighted by Crippen LogP contribution is -2.38. The van der Waals surface area contributed by atoms with Gasteiger partial charge >= 0.3 is 0 Å². The van der Waals surface area contributed by atoms with Crippen molar-refractivity contribution in [1.82, 2.24) is 0 Å². The fourth-order valence-corrected chi connectivity index (χ4v) is 3.36. The van der Waals surface area contributed by atoms with Crippen LogP contribution in [0.3, 0.4) is 0 Å². The Hall–Kier alpha value is -0.670. The Labute approximate surface area is 102 Å². The molecule has 2 nitrogen and oxygen atoms in total. The van der Waals surface area contributed by atoms with Gasteiger partial charge in [0, 0.05) is 36.3 Å². The van der Waals surface area contributed by atoms with Crippen LogP contribution < -0.4 is 10.6 Å². The van der Waals surface area contributed by atoms with Gasteiger partial charge in [-0.05, 0) is 18.1 Å². The highest BCUT2D eigenvalue weighted by Gasteiger charge is 2.20. The third-order valence-corrected chi connectivity index (χ3v) is 4.52. The van der Waals surface area contributed by atoms with Gasteiger partial charge in [-0.1, -0.05) is 25.1 Å². The SMILES string of the molecule is CCC1CN(c2ccccc2CN)CCS1. The average molecular weight is 236 g/mol. The van der Waals surface area contributed by atoms with Crippen LogP contribution in [-0.4, -0.2) is 24.1 Å². The van der Waals surface area contributed by atoms with Crippen LogP contribution in [0.15, 0.2) is 24.3 Å². The summed E-state index contributed by atoms with van der Waals surface area (Å²) in [4.78, 5) is 2.49. The van der Waals surface area contributed by atoms with E-state index in [0.717, 1.165) is 18.3 Å². The van der Waals surface area contributed by atoms with Crippen molar-refractivity contribution in [2.24, 2.45) is 5.73 Å². The zero-order valence-corrected chi connectivity index (χ0v) is 10.7. The van der Waals surface area contributed by atoms with Crippen LogP contribution in [0.4, 0.5) is 5.69 Å². The van der Waals surface area contributed by atoms with E-state index in [-0.39, 0.29) is 0 Å². The number of nitrogens with two attached hydrogens (primary N) is 1. The number of rotatable bonds is 3. The van der Waals surface area contributed by atoms with Gasteiger partial charge in [0.1, 0.15) is 0 Å². The van der Waals surface area contributed by atoms with Gasteiger partial charge in [0.2, 0.25) is 0 Å². The first-order chi connectivity index (χ1) is 7.85. The van der Waals surface area contributed by atoms with Crippen molar-refractivity contribution in [1.29, 1.82) is 0 Å². The molecule has 0 aliphatic carbocycles. The van der Waals surface area contributed by atoms with E-state index in [0.29, 0.717) is 6.54 Å². The van der Waals surface area contributed by atoms with E-state index in [1.54, 1.807) is 0 Å². The van der Waals surface area contributed by atoms with Gasteiger partial charge in [0.25, 0.3) is 0 Å². The van der Waals surface area contributed by atoms with Crippen LogP contribution in [0.25, 0.3) is 0 Å². The van der Waals surface area contributed by atoms with Gasteiger partial charge in [-0.25, -0.2) is 0 Å². The fourth-order valence-electron chi connectivity index (χ4n) is 2.18. The lowest BCUT2D eigenvalue weighted by molar-refractivity contribution is 0.724. The van der Waals surface area contributed by atoms with Crippen LogP contribution >= 0.6 is 11.8 Å². The van der Waals surface area contributed by atoms with Crippen LogP contribution in [0.1, 0.15) is 18.9 Å². The molecule has 0 aromatic heterocycles. The molecule has 16 heavy (non-hydrogen) atoms. The smallest absolute Gasteiger partial charge is 0.0412 e. The van der Waals surface area contributed by atoms with Crippen molar-refractivity contribution in [3.63, 3.8) is 0 Å². The predicted octanol–water partition coefficient (Wildman–Crippen LogP) is 2.48. The molecule has 1 aromatic rings. The van der Waals surface area contributed by atoms with Crippen LogP contribution in [0, 0.1) is 0 Å². The van der Waals surface area contributed by atoms with E-state index in [2.05, 4.69) is 47.9 Å². The molecule has 0 spiro atoms.